The molecule has 0 atom stereocenters. The Morgan fingerprint density at radius 2 is 1.85 bits per heavy atom. The maximum Gasteiger partial charge on any atom is 0.355 e. The van der Waals surface area contributed by atoms with Crippen LogP contribution in [0.2, 0.25) is 10.0 Å². The number of nitro groups is 1. The van der Waals surface area contributed by atoms with Crippen LogP contribution in [-0.4, -0.2) is 32.4 Å². The molecular formula is C21H15Cl2N7O4. The molecule has 0 aliphatic heterocycles. The fourth-order valence-electron chi connectivity index (χ4n) is 2.97. The second-order valence-electron chi connectivity index (χ2n) is 6.72. The number of benzene rings is 2. The van der Waals surface area contributed by atoms with Gasteiger partial charge in [-0.2, -0.15) is 0 Å². The molecule has 0 spiro atoms. The van der Waals surface area contributed by atoms with Crippen LogP contribution in [0, 0.1) is 10.1 Å². The molecule has 3 N–H and O–H groups in total. The molecule has 172 valence electrons. The summed E-state index contributed by atoms with van der Waals surface area (Å²) in [6.07, 6.45) is 2.73. The average Bonchev–Trinajstić information content (AvgIpc) is 2.82. The quantitative estimate of drug-likeness (QED) is 0.235. The maximum absolute atomic E-state index is 12.2. The van der Waals surface area contributed by atoms with Crippen molar-refractivity contribution in [3.63, 3.8) is 0 Å². The number of halogens is 2. The summed E-state index contributed by atoms with van der Waals surface area (Å²) < 4.78 is 5.33. The van der Waals surface area contributed by atoms with E-state index in [9.17, 15) is 14.9 Å². The van der Waals surface area contributed by atoms with Gasteiger partial charge in [0.1, 0.15) is 12.1 Å². The second-order valence-corrected chi connectivity index (χ2v) is 7.56. The van der Waals surface area contributed by atoms with Gasteiger partial charge in [-0.1, -0.05) is 41.4 Å². The van der Waals surface area contributed by atoms with Crippen molar-refractivity contribution in [3.8, 4) is 5.75 Å². The standard InChI is InChI=1S/C21H15Cl2N7O4/c22-13-6-7-16(14(23)9-13)34-10-17(31)28-29-21-19(30(32)33)20(25-11-26-21)27-15-5-1-3-12-4-2-8-24-18(12)15/h1-9,11H,10H2,(H,28,31)(H2,25,26,27,29). The molecule has 0 fully saturated rings. The summed E-state index contributed by atoms with van der Waals surface area (Å²) in [5, 5.41) is 16.2. The summed E-state index contributed by atoms with van der Waals surface area (Å²) >= 11 is 11.8. The number of ether oxygens (including phenoxy) is 1. The van der Waals surface area contributed by atoms with Crippen LogP contribution in [0.4, 0.5) is 23.0 Å². The van der Waals surface area contributed by atoms with Gasteiger partial charge in [0.05, 0.1) is 21.2 Å². The zero-order valence-electron chi connectivity index (χ0n) is 17.2. The van der Waals surface area contributed by atoms with Gasteiger partial charge in [0.2, 0.25) is 11.6 Å². The number of fused-ring (bicyclic) bond motifs is 1. The normalized spacial score (nSPS) is 10.5. The van der Waals surface area contributed by atoms with Crippen molar-refractivity contribution in [1.29, 1.82) is 0 Å². The molecule has 0 radical (unpaired) electrons. The molecule has 13 heteroatoms. The number of hydrogen-bond acceptors (Lipinski definition) is 9. The predicted octanol–water partition coefficient (Wildman–Crippen LogP) is 4.51. The number of anilines is 3. The number of hydrogen-bond donors (Lipinski definition) is 3. The molecule has 1 amide bonds. The molecule has 4 rings (SSSR count). The number of pyridine rings is 1. The van der Waals surface area contributed by atoms with Crippen LogP contribution in [0.1, 0.15) is 0 Å². The van der Waals surface area contributed by atoms with Crippen molar-refractivity contribution in [2.75, 3.05) is 17.3 Å². The lowest BCUT2D eigenvalue weighted by atomic mass is 10.2. The smallest absolute Gasteiger partial charge is 0.355 e. The number of carbonyl (C=O) groups is 1. The third-order valence-corrected chi connectivity index (χ3v) is 4.99. The summed E-state index contributed by atoms with van der Waals surface area (Å²) in [7, 11) is 0. The number of rotatable bonds is 8. The molecule has 0 aliphatic carbocycles. The minimum absolute atomic E-state index is 0.0842. The van der Waals surface area contributed by atoms with Gasteiger partial charge in [-0.25, -0.2) is 9.97 Å². The molecule has 0 bridgehead atoms. The van der Waals surface area contributed by atoms with E-state index in [0.717, 1.165) is 11.7 Å². The van der Waals surface area contributed by atoms with Crippen molar-refractivity contribution in [2.45, 2.75) is 0 Å². The van der Waals surface area contributed by atoms with Crippen LogP contribution >= 0.6 is 23.2 Å². The number of nitrogens with one attached hydrogen (secondary N) is 3. The van der Waals surface area contributed by atoms with Crippen LogP contribution in [0.3, 0.4) is 0 Å². The molecule has 4 aromatic rings. The highest BCUT2D eigenvalue weighted by Crippen LogP contribution is 2.32. The SMILES string of the molecule is O=C(COc1ccc(Cl)cc1Cl)NNc1ncnc(Nc2cccc3cccnc23)c1[N+](=O)[O-]. The van der Waals surface area contributed by atoms with Gasteiger partial charge in [0.25, 0.3) is 5.91 Å². The first-order chi connectivity index (χ1) is 16.4. The predicted molar refractivity (Wildman–Crippen MR) is 127 cm³/mol. The van der Waals surface area contributed by atoms with Crippen LogP contribution in [-0.2, 0) is 4.79 Å². The first-order valence-electron chi connectivity index (χ1n) is 9.65. The van der Waals surface area contributed by atoms with E-state index in [1.807, 2.05) is 12.1 Å². The van der Waals surface area contributed by atoms with Crippen molar-refractivity contribution in [2.24, 2.45) is 0 Å². The lowest BCUT2D eigenvalue weighted by molar-refractivity contribution is -0.383. The molecule has 34 heavy (non-hydrogen) atoms. The highest BCUT2D eigenvalue weighted by Gasteiger charge is 2.24. The van der Waals surface area contributed by atoms with E-state index in [2.05, 4.69) is 31.1 Å². The number of hydrazine groups is 1. The molecule has 2 aromatic carbocycles. The Hall–Kier alpha value is -4.22. The zero-order chi connectivity index (χ0) is 24.1. The van der Waals surface area contributed by atoms with Crippen LogP contribution in [0.15, 0.2) is 61.1 Å². The van der Waals surface area contributed by atoms with Crippen LogP contribution in [0.5, 0.6) is 5.75 Å². The molecule has 0 unspecified atom stereocenters. The van der Waals surface area contributed by atoms with E-state index in [4.69, 9.17) is 27.9 Å². The third-order valence-electron chi connectivity index (χ3n) is 4.46. The summed E-state index contributed by atoms with van der Waals surface area (Å²) in [5.74, 6) is -0.691. The monoisotopic (exact) mass is 499 g/mol. The number of aromatic nitrogens is 3. The van der Waals surface area contributed by atoms with E-state index in [-0.39, 0.29) is 22.4 Å². The highest BCUT2D eigenvalue weighted by atomic mass is 35.5. The van der Waals surface area contributed by atoms with Gasteiger partial charge in [-0.3, -0.25) is 30.7 Å². The van der Waals surface area contributed by atoms with E-state index in [1.165, 1.54) is 12.1 Å². The molecule has 2 heterocycles. The lowest BCUT2D eigenvalue weighted by Crippen LogP contribution is -2.34. The number of carbonyl (C=O) groups excluding carboxylic acids is 1. The van der Waals surface area contributed by atoms with Crippen molar-refractivity contribution in [1.82, 2.24) is 20.4 Å². The van der Waals surface area contributed by atoms with Crippen LogP contribution < -0.4 is 20.9 Å². The molecule has 11 nitrogen and oxygen atoms in total. The van der Waals surface area contributed by atoms with Crippen LogP contribution in [0.25, 0.3) is 10.9 Å². The van der Waals surface area contributed by atoms with E-state index in [0.29, 0.717) is 16.2 Å². The molecular weight excluding hydrogens is 485 g/mol. The maximum atomic E-state index is 12.2. The van der Waals surface area contributed by atoms with Gasteiger partial charge in [0, 0.05) is 16.6 Å². The van der Waals surface area contributed by atoms with Gasteiger partial charge in [0.15, 0.2) is 6.61 Å². The Balaban J connectivity index is 1.48. The lowest BCUT2D eigenvalue weighted by Gasteiger charge is -2.12. The van der Waals surface area contributed by atoms with E-state index in [1.54, 1.807) is 30.5 Å². The Morgan fingerprint density at radius 1 is 1.06 bits per heavy atom. The Morgan fingerprint density at radius 3 is 2.65 bits per heavy atom. The Labute approximate surface area is 202 Å². The average molecular weight is 500 g/mol. The Kier molecular flexibility index (Phi) is 6.85. The largest absolute Gasteiger partial charge is 0.482 e. The van der Waals surface area contributed by atoms with Crippen molar-refractivity contribution < 1.29 is 14.5 Å². The summed E-state index contributed by atoms with van der Waals surface area (Å²) in [6, 6.07) is 13.6. The summed E-state index contributed by atoms with van der Waals surface area (Å²) in [5.41, 5.74) is 5.39. The minimum Gasteiger partial charge on any atom is -0.482 e. The Bertz CT molecular complexity index is 1380. The topological polar surface area (TPSA) is 144 Å². The van der Waals surface area contributed by atoms with E-state index >= 15 is 0 Å². The number of para-hydroxylation sites is 1. The van der Waals surface area contributed by atoms with Crippen molar-refractivity contribution >= 4 is 63.0 Å². The molecule has 0 aliphatic rings. The van der Waals surface area contributed by atoms with Gasteiger partial charge < -0.3 is 10.1 Å². The molecule has 0 saturated heterocycles. The first kappa shape index (κ1) is 23.0. The fourth-order valence-corrected chi connectivity index (χ4v) is 3.43. The number of nitrogens with zero attached hydrogens (tertiary/aromatic N) is 4. The summed E-state index contributed by atoms with van der Waals surface area (Å²) in [6.45, 7) is -0.417. The minimum atomic E-state index is -0.667. The summed E-state index contributed by atoms with van der Waals surface area (Å²) in [4.78, 5) is 35.5. The molecule has 2 aromatic heterocycles. The second kappa shape index (κ2) is 10.1. The first-order valence-corrected chi connectivity index (χ1v) is 10.4. The number of amides is 1. The third kappa shape index (κ3) is 5.22. The highest BCUT2D eigenvalue weighted by molar-refractivity contribution is 6.35. The fraction of sp³-hybridized carbons (Fsp3) is 0.0476. The molecule has 0 saturated carbocycles. The van der Waals surface area contributed by atoms with Gasteiger partial charge >= 0.3 is 5.69 Å². The zero-order valence-corrected chi connectivity index (χ0v) is 18.7. The van der Waals surface area contributed by atoms with Gasteiger partial charge in [-0.05, 0) is 30.3 Å². The van der Waals surface area contributed by atoms with Crippen molar-refractivity contribution in [3.05, 3.63) is 81.2 Å². The van der Waals surface area contributed by atoms with Gasteiger partial charge in [-0.15, -0.1) is 0 Å². The van der Waals surface area contributed by atoms with E-state index < -0.39 is 23.1 Å².